The molecule has 2 unspecified atom stereocenters. The van der Waals surface area contributed by atoms with Crippen LogP contribution in [0.3, 0.4) is 0 Å². The predicted molar refractivity (Wildman–Crippen MR) is 59.5 cm³/mol. The van der Waals surface area contributed by atoms with Crippen LogP contribution in [0, 0.1) is 0 Å². The smallest absolute Gasteiger partial charge is 0.326 e. The molecule has 2 rings (SSSR count). The summed E-state index contributed by atoms with van der Waals surface area (Å²) in [6, 6.07) is 0. The minimum absolute atomic E-state index is 0.214. The lowest BCUT2D eigenvalue weighted by atomic mass is 9.89. The summed E-state index contributed by atoms with van der Waals surface area (Å²) in [6.45, 7) is 5.93. The number of nitrogens with zero attached hydrogens (tertiary/aromatic N) is 2. The van der Waals surface area contributed by atoms with Gasteiger partial charge in [0.25, 0.3) is 0 Å². The molecule has 0 aromatic heterocycles. The molecule has 2 saturated heterocycles. The van der Waals surface area contributed by atoms with Gasteiger partial charge in [-0.1, -0.05) is 0 Å². The fraction of sp³-hybridized carbons (Fsp3) is 0.909. The van der Waals surface area contributed by atoms with Crippen molar-refractivity contribution < 1.29 is 14.6 Å². The van der Waals surface area contributed by atoms with E-state index >= 15 is 0 Å². The second-order valence-corrected chi connectivity index (χ2v) is 4.78. The SMILES string of the molecule is CC1OCCC1(C(=O)O)N1CCN(C)CC1. The predicted octanol–water partition coefficient (Wildman–Crippen LogP) is -0.134. The van der Waals surface area contributed by atoms with Gasteiger partial charge in [0.15, 0.2) is 0 Å². The second kappa shape index (κ2) is 4.31. The molecule has 0 aromatic rings. The third-order valence-electron chi connectivity index (χ3n) is 3.96. The lowest BCUT2D eigenvalue weighted by Gasteiger charge is -2.43. The highest BCUT2D eigenvalue weighted by molar-refractivity contribution is 5.80. The first-order valence-corrected chi connectivity index (χ1v) is 5.86. The van der Waals surface area contributed by atoms with E-state index in [1.807, 2.05) is 6.92 Å². The third-order valence-corrected chi connectivity index (χ3v) is 3.96. The second-order valence-electron chi connectivity index (χ2n) is 4.78. The summed E-state index contributed by atoms with van der Waals surface area (Å²) in [5.41, 5.74) is -0.790. The highest BCUT2D eigenvalue weighted by Gasteiger charge is 2.53. The molecule has 2 aliphatic rings. The Morgan fingerprint density at radius 3 is 2.44 bits per heavy atom. The van der Waals surface area contributed by atoms with E-state index in [4.69, 9.17) is 4.74 Å². The van der Waals surface area contributed by atoms with Crippen LogP contribution in [0.15, 0.2) is 0 Å². The molecule has 0 aromatic carbocycles. The van der Waals surface area contributed by atoms with Crippen LogP contribution < -0.4 is 0 Å². The normalized spacial score (nSPS) is 37.8. The maximum absolute atomic E-state index is 11.6. The summed E-state index contributed by atoms with van der Waals surface area (Å²) >= 11 is 0. The summed E-state index contributed by atoms with van der Waals surface area (Å²) in [4.78, 5) is 15.9. The van der Waals surface area contributed by atoms with E-state index in [0.29, 0.717) is 13.0 Å². The first-order chi connectivity index (χ1) is 7.57. The van der Waals surface area contributed by atoms with E-state index in [2.05, 4.69) is 16.8 Å². The Kier molecular flexibility index (Phi) is 3.19. The van der Waals surface area contributed by atoms with Gasteiger partial charge in [-0.25, -0.2) is 0 Å². The summed E-state index contributed by atoms with van der Waals surface area (Å²) in [6.07, 6.45) is 0.390. The fourth-order valence-electron chi connectivity index (χ4n) is 2.77. The number of hydrogen-bond acceptors (Lipinski definition) is 4. The average Bonchev–Trinajstić information content (AvgIpc) is 2.62. The molecule has 16 heavy (non-hydrogen) atoms. The van der Waals surface area contributed by atoms with Gasteiger partial charge in [0.05, 0.1) is 6.10 Å². The number of carbonyl (C=O) groups is 1. The molecule has 0 aliphatic carbocycles. The molecule has 0 amide bonds. The zero-order chi connectivity index (χ0) is 11.8. The van der Waals surface area contributed by atoms with Gasteiger partial charge >= 0.3 is 5.97 Å². The molecule has 0 bridgehead atoms. The molecule has 2 atom stereocenters. The van der Waals surface area contributed by atoms with E-state index < -0.39 is 11.5 Å². The van der Waals surface area contributed by atoms with E-state index in [1.165, 1.54) is 0 Å². The maximum Gasteiger partial charge on any atom is 0.326 e. The van der Waals surface area contributed by atoms with Crippen LogP contribution in [0.4, 0.5) is 0 Å². The monoisotopic (exact) mass is 228 g/mol. The van der Waals surface area contributed by atoms with Crippen LogP contribution in [-0.2, 0) is 9.53 Å². The minimum atomic E-state index is -0.790. The number of rotatable bonds is 2. The van der Waals surface area contributed by atoms with E-state index in [-0.39, 0.29) is 6.10 Å². The molecule has 0 spiro atoms. The summed E-state index contributed by atoms with van der Waals surface area (Å²) < 4.78 is 5.47. The molecule has 2 aliphatic heterocycles. The summed E-state index contributed by atoms with van der Waals surface area (Å²) in [5, 5.41) is 9.52. The molecular formula is C11H20N2O3. The molecule has 1 N–H and O–H groups in total. The molecule has 5 nitrogen and oxygen atoms in total. The van der Waals surface area contributed by atoms with Crippen LogP contribution in [0.2, 0.25) is 0 Å². The van der Waals surface area contributed by atoms with Crippen molar-refractivity contribution in [3.8, 4) is 0 Å². The van der Waals surface area contributed by atoms with Crippen molar-refractivity contribution in [3.05, 3.63) is 0 Å². The number of carboxylic acids is 1. The van der Waals surface area contributed by atoms with E-state index in [0.717, 1.165) is 26.2 Å². The molecule has 2 heterocycles. The number of likely N-dealkylation sites (N-methyl/N-ethyl adjacent to an activating group) is 1. The molecule has 5 heteroatoms. The Labute approximate surface area is 96.0 Å². The van der Waals surface area contributed by atoms with Gasteiger partial charge in [0.2, 0.25) is 0 Å². The summed E-state index contributed by atoms with van der Waals surface area (Å²) in [7, 11) is 2.07. The Bertz CT molecular complexity index is 276. The highest BCUT2D eigenvalue weighted by Crippen LogP contribution is 2.33. The third kappa shape index (κ3) is 1.73. The number of hydrogen-bond donors (Lipinski definition) is 1. The van der Waals surface area contributed by atoms with Crippen LogP contribution in [0.1, 0.15) is 13.3 Å². The number of ether oxygens (including phenoxy) is 1. The van der Waals surface area contributed by atoms with Crippen molar-refractivity contribution in [3.63, 3.8) is 0 Å². The van der Waals surface area contributed by atoms with Crippen LogP contribution in [0.25, 0.3) is 0 Å². The largest absolute Gasteiger partial charge is 0.480 e. The van der Waals surface area contributed by atoms with Crippen molar-refractivity contribution in [2.24, 2.45) is 0 Å². The average molecular weight is 228 g/mol. The maximum atomic E-state index is 11.6. The standard InChI is InChI=1S/C11H20N2O3/c1-9-11(10(14)15,3-8-16-9)13-6-4-12(2)5-7-13/h9H,3-8H2,1-2H3,(H,14,15). The Morgan fingerprint density at radius 2 is 2.00 bits per heavy atom. The van der Waals surface area contributed by atoms with E-state index in [1.54, 1.807) is 0 Å². The van der Waals surface area contributed by atoms with Crippen molar-refractivity contribution in [2.75, 3.05) is 39.8 Å². The molecular weight excluding hydrogens is 208 g/mol. The van der Waals surface area contributed by atoms with Crippen LogP contribution in [0.5, 0.6) is 0 Å². The Hall–Kier alpha value is -0.650. The van der Waals surface area contributed by atoms with Gasteiger partial charge in [-0.2, -0.15) is 0 Å². The summed E-state index contributed by atoms with van der Waals surface area (Å²) in [5.74, 6) is -0.734. The number of carboxylic acid groups (broad SMARTS) is 1. The Morgan fingerprint density at radius 1 is 1.38 bits per heavy atom. The minimum Gasteiger partial charge on any atom is -0.480 e. The zero-order valence-corrected chi connectivity index (χ0v) is 9.98. The van der Waals surface area contributed by atoms with Crippen LogP contribution in [-0.4, -0.2) is 72.4 Å². The fourth-order valence-corrected chi connectivity index (χ4v) is 2.77. The van der Waals surface area contributed by atoms with Crippen LogP contribution >= 0.6 is 0 Å². The van der Waals surface area contributed by atoms with Gasteiger partial charge < -0.3 is 14.7 Å². The lowest BCUT2D eigenvalue weighted by molar-refractivity contribution is -0.156. The number of aliphatic carboxylic acids is 1. The Balaban J connectivity index is 2.17. The van der Waals surface area contributed by atoms with Crippen molar-refractivity contribution >= 4 is 5.97 Å². The molecule has 2 fully saturated rings. The quantitative estimate of drug-likeness (QED) is 0.713. The van der Waals surface area contributed by atoms with Crippen molar-refractivity contribution in [1.29, 1.82) is 0 Å². The number of piperazine rings is 1. The topological polar surface area (TPSA) is 53.0 Å². The lowest BCUT2D eigenvalue weighted by Crippen LogP contribution is -2.63. The highest BCUT2D eigenvalue weighted by atomic mass is 16.5. The van der Waals surface area contributed by atoms with Crippen molar-refractivity contribution in [2.45, 2.75) is 25.0 Å². The van der Waals surface area contributed by atoms with Gasteiger partial charge in [0, 0.05) is 39.2 Å². The molecule has 92 valence electrons. The van der Waals surface area contributed by atoms with Gasteiger partial charge in [-0.15, -0.1) is 0 Å². The van der Waals surface area contributed by atoms with Gasteiger partial charge in [0.1, 0.15) is 5.54 Å². The molecule has 0 radical (unpaired) electrons. The molecule has 0 saturated carbocycles. The van der Waals surface area contributed by atoms with Gasteiger partial charge in [-0.05, 0) is 14.0 Å². The van der Waals surface area contributed by atoms with Gasteiger partial charge in [-0.3, -0.25) is 9.69 Å². The first kappa shape index (κ1) is 11.8. The van der Waals surface area contributed by atoms with Crippen molar-refractivity contribution in [1.82, 2.24) is 9.80 Å². The first-order valence-electron chi connectivity index (χ1n) is 5.86. The van der Waals surface area contributed by atoms with E-state index in [9.17, 15) is 9.90 Å². The zero-order valence-electron chi connectivity index (χ0n) is 9.98.